The van der Waals surface area contributed by atoms with Gasteiger partial charge in [0.2, 0.25) is 0 Å². The quantitative estimate of drug-likeness (QED) is 0.690. The van der Waals surface area contributed by atoms with Gasteiger partial charge in [0.25, 0.3) is 0 Å². The van der Waals surface area contributed by atoms with Gasteiger partial charge in [0, 0.05) is 5.02 Å². The van der Waals surface area contributed by atoms with Crippen LogP contribution in [0.3, 0.4) is 0 Å². The normalized spacial score (nSPS) is 10.5. The van der Waals surface area contributed by atoms with Gasteiger partial charge in [-0.25, -0.2) is 9.18 Å². The maximum absolute atomic E-state index is 12.9. The molecule has 1 aromatic carbocycles. The third-order valence-electron chi connectivity index (χ3n) is 2.51. The number of carbonyl (C=O) groups is 1. The van der Waals surface area contributed by atoms with Gasteiger partial charge in [0.05, 0.1) is 17.7 Å². The molecule has 0 amide bonds. The van der Waals surface area contributed by atoms with Crippen LogP contribution in [0.1, 0.15) is 16.1 Å². The van der Waals surface area contributed by atoms with Crippen LogP contribution in [0.15, 0.2) is 24.3 Å². The molecule has 2 rings (SSSR count). The summed E-state index contributed by atoms with van der Waals surface area (Å²) in [6.45, 7) is -0.116. The van der Waals surface area contributed by atoms with Crippen molar-refractivity contribution < 1.29 is 19.2 Å². The molecule has 2 aromatic rings. The Bertz CT molecular complexity index is 701. The Hall–Kier alpha value is -2.48. The summed E-state index contributed by atoms with van der Waals surface area (Å²) in [5, 5.41) is 23.2. The molecule has 1 N–H and O–H groups in total. The first-order valence-electron chi connectivity index (χ1n) is 5.28. The van der Waals surface area contributed by atoms with E-state index in [0.29, 0.717) is 5.56 Å². The zero-order valence-corrected chi connectivity index (χ0v) is 10.5. The number of nitro groups is 1. The van der Waals surface area contributed by atoms with Crippen molar-refractivity contribution in [1.29, 1.82) is 0 Å². The van der Waals surface area contributed by atoms with Gasteiger partial charge in [-0.05, 0) is 22.6 Å². The van der Waals surface area contributed by atoms with Gasteiger partial charge in [-0.1, -0.05) is 17.7 Å². The van der Waals surface area contributed by atoms with E-state index in [9.17, 15) is 19.3 Å². The lowest BCUT2D eigenvalue weighted by Crippen LogP contribution is -2.11. The zero-order chi connectivity index (χ0) is 14.9. The molecular weight excluding hydrogens is 293 g/mol. The molecule has 0 spiro atoms. The molecule has 0 atom stereocenters. The third-order valence-corrected chi connectivity index (χ3v) is 2.86. The Labute approximate surface area is 116 Å². The maximum atomic E-state index is 12.9. The smallest absolute Gasteiger partial charge is 0.390 e. The number of benzene rings is 1. The summed E-state index contributed by atoms with van der Waals surface area (Å²) in [5.74, 6) is -2.48. The summed E-state index contributed by atoms with van der Waals surface area (Å²) in [4.78, 5) is 20.8. The first-order valence-corrected chi connectivity index (χ1v) is 5.65. The highest BCUT2D eigenvalue weighted by atomic mass is 35.5. The Morgan fingerprint density at radius 1 is 1.50 bits per heavy atom. The summed E-state index contributed by atoms with van der Waals surface area (Å²) < 4.78 is 13.8. The van der Waals surface area contributed by atoms with Crippen LogP contribution in [0.4, 0.5) is 10.2 Å². The number of rotatable bonds is 4. The van der Waals surface area contributed by atoms with Crippen molar-refractivity contribution in [2.75, 3.05) is 0 Å². The molecule has 0 radical (unpaired) electrons. The molecule has 0 saturated heterocycles. The Balaban J connectivity index is 2.42. The number of hydrogen-bond donors (Lipinski definition) is 1. The molecule has 0 fully saturated rings. The number of hydrogen-bond acceptors (Lipinski definition) is 4. The fourth-order valence-corrected chi connectivity index (χ4v) is 1.82. The van der Waals surface area contributed by atoms with Crippen LogP contribution in [0.25, 0.3) is 0 Å². The highest BCUT2D eigenvalue weighted by Crippen LogP contribution is 2.20. The standard InChI is InChI=1S/C11H7ClFN3O4/c12-8-3-7(13)2-1-6(8)5-15-9(11(17)18)4-10(14-15)16(19)20/h1-4H,5H2,(H,17,18). The number of carboxylic acid groups (broad SMARTS) is 1. The second-order valence-corrected chi connectivity index (χ2v) is 4.25. The van der Waals surface area contributed by atoms with Crippen LogP contribution in [-0.4, -0.2) is 25.8 Å². The minimum absolute atomic E-state index is 0.0829. The first kappa shape index (κ1) is 13.9. The highest BCUT2D eigenvalue weighted by molar-refractivity contribution is 6.31. The average Bonchev–Trinajstić information content (AvgIpc) is 2.77. The molecule has 7 nitrogen and oxygen atoms in total. The van der Waals surface area contributed by atoms with E-state index in [1.54, 1.807) is 0 Å². The van der Waals surface area contributed by atoms with Gasteiger partial charge in [-0.3, -0.25) is 0 Å². The van der Waals surface area contributed by atoms with Gasteiger partial charge in [0.1, 0.15) is 5.82 Å². The summed E-state index contributed by atoms with van der Waals surface area (Å²) in [7, 11) is 0. The lowest BCUT2D eigenvalue weighted by Gasteiger charge is -2.03. The monoisotopic (exact) mass is 299 g/mol. The van der Waals surface area contributed by atoms with Crippen LogP contribution < -0.4 is 0 Å². The number of nitrogens with zero attached hydrogens (tertiary/aromatic N) is 3. The van der Waals surface area contributed by atoms with E-state index in [-0.39, 0.29) is 17.3 Å². The van der Waals surface area contributed by atoms with Crippen LogP contribution in [0.2, 0.25) is 5.02 Å². The van der Waals surface area contributed by atoms with Crippen molar-refractivity contribution in [2.24, 2.45) is 0 Å². The Morgan fingerprint density at radius 3 is 2.75 bits per heavy atom. The first-order chi connectivity index (χ1) is 9.38. The van der Waals surface area contributed by atoms with E-state index >= 15 is 0 Å². The van der Waals surface area contributed by atoms with E-state index in [1.165, 1.54) is 6.07 Å². The largest absolute Gasteiger partial charge is 0.476 e. The van der Waals surface area contributed by atoms with Crippen LogP contribution >= 0.6 is 11.6 Å². The van der Waals surface area contributed by atoms with Crippen molar-refractivity contribution in [3.05, 3.63) is 56.5 Å². The fourth-order valence-electron chi connectivity index (χ4n) is 1.60. The van der Waals surface area contributed by atoms with Gasteiger partial charge < -0.3 is 15.2 Å². The van der Waals surface area contributed by atoms with Crippen molar-refractivity contribution in [2.45, 2.75) is 6.54 Å². The molecule has 0 unspecified atom stereocenters. The van der Waals surface area contributed by atoms with Gasteiger partial charge in [0.15, 0.2) is 5.69 Å². The molecule has 1 aromatic heterocycles. The van der Waals surface area contributed by atoms with E-state index in [4.69, 9.17) is 16.7 Å². The molecule has 0 aliphatic carbocycles. The molecule has 9 heteroatoms. The topological polar surface area (TPSA) is 98.3 Å². The van der Waals surface area contributed by atoms with Crippen molar-refractivity contribution in [1.82, 2.24) is 9.78 Å². The molecule has 0 saturated carbocycles. The molecule has 20 heavy (non-hydrogen) atoms. The maximum Gasteiger partial charge on any atom is 0.390 e. The van der Waals surface area contributed by atoms with Crippen LogP contribution in [0, 0.1) is 15.9 Å². The van der Waals surface area contributed by atoms with Crippen molar-refractivity contribution in [3.8, 4) is 0 Å². The SMILES string of the molecule is O=C(O)c1cc([N+](=O)[O-])nn1Cc1ccc(F)cc1Cl. The molecule has 0 aliphatic rings. The lowest BCUT2D eigenvalue weighted by atomic mass is 10.2. The predicted octanol–water partition coefficient (Wildman–Crippen LogP) is 2.33. The van der Waals surface area contributed by atoms with Crippen molar-refractivity contribution in [3.63, 3.8) is 0 Å². The van der Waals surface area contributed by atoms with E-state index in [2.05, 4.69) is 5.10 Å². The Kier molecular flexibility index (Phi) is 3.66. The average molecular weight is 300 g/mol. The van der Waals surface area contributed by atoms with Gasteiger partial charge in [-0.15, -0.1) is 0 Å². The van der Waals surface area contributed by atoms with E-state index in [1.807, 2.05) is 0 Å². The number of carboxylic acids is 1. The van der Waals surface area contributed by atoms with Gasteiger partial charge >= 0.3 is 11.8 Å². The second kappa shape index (κ2) is 5.25. The Morgan fingerprint density at radius 2 is 2.20 bits per heavy atom. The van der Waals surface area contributed by atoms with Crippen molar-refractivity contribution >= 4 is 23.4 Å². The molecule has 0 aliphatic heterocycles. The summed E-state index contributed by atoms with van der Waals surface area (Å²) in [6, 6.07) is 4.42. The minimum Gasteiger partial charge on any atom is -0.476 e. The number of aromatic carboxylic acids is 1. The number of aromatic nitrogens is 2. The van der Waals surface area contributed by atoms with Crippen LogP contribution in [-0.2, 0) is 6.54 Å². The molecular formula is C11H7ClFN3O4. The van der Waals surface area contributed by atoms with E-state index in [0.717, 1.165) is 22.9 Å². The van der Waals surface area contributed by atoms with E-state index < -0.39 is 22.5 Å². The fraction of sp³-hybridized carbons (Fsp3) is 0.0909. The highest BCUT2D eigenvalue weighted by Gasteiger charge is 2.23. The summed E-state index contributed by atoms with van der Waals surface area (Å²) in [6.07, 6.45) is 0. The molecule has 0 bridgehead atoms. The predicted molar refractivity (Wildman–Crippen MR) is 66.4 cm³/mol. The summed E-state index contributed by atoms with van der Waals surface area (Å²) >= 11 is 5.82. The third kappa shape index (κ3) is 2.75. The lowest BCUT2D eigenvalue weighted by molar-refractivity contribution is -0.389. The second-order valence-electron chi connectivity index (χ2n) is 3.84. The minimum atomic E-state index is -1.36. The van der Waals surface area contributed by atoms with Crippen LogP contribution in [0.5, 0.6) is 0 Å². The summed E-state index contributed by atoms with van der Waals surface area (Å²) in [5.41, 5.74) is 0.0469. The zero-order valence-electron chi connectivity index (χ0n) is 9.79. The molecule has 1 heterocycles. The van der Waals surface area contributed by atoms with Gasteiger partial charge in [-0.2, -0.15) is 4.68 Å². The number of halogens is 2. The molecule has 104 valence electrons.